The summed E-state index contributed by atoms with van der Waals surface area (Å²) in [5.41, 5.74) is 0.838. The van der Waals surface area contributed by atoms with Crippen LogP contribution in [0.5, 0.6) is 0 Å². The van der Waals surface area contributed by atoms with Crippen LogP contribution in [0, 0.1) is 0 Å². The molecule has 0 aliphatic carbocycles. The molecule has 0 aromatic heterocycles. The minimum atomic E-state index is -0.226. The molecule has 1 atom stereocenters. The topological polar surface area (TPSA) is 21.7 Å². The van der Waals surface area contributed by atoms with E-state index < -0.39 is 0 Å². The van der Waals surface area contributed by atoms with E-state index in [1.165, 1.54) is 5.47 Å². The normalized spacial score (nSPS) is 29.3. The van der Waals surface area contributed by atoms with Crippen molar-refractivity contribution in [1.29, 1.82) is 0 Å². The van der Waals surface area contributed by atoms with E-state index in [0.717, 1.165) is 19.5 Å². The first-order valence-corrected chi connectivity index (χ1v) is 6.38. The summed E-state index contributed by atoms with van der Waals surface area (Å²) in [5.74, 6) is 0. The highest BCUT2D eigenvalue weighted by Crippen LogP contribution is 2.39. The van der Waals surface area contributed by atoms with E-state index in [9.17, 15) is 0 Å². The summed E-state index contributed by atoms with van der Waals surface area (Å²) in [6, 6.07) is 0. The van der Waals surface area contributed by atoms with Gasteiger partial charge in [-0.25, -0.2) is 0 Å². The van der Waals surface area contributed by atoms with E-state index in [-0.39, 0.29) is 18.3 Å². The second-order valence-electron chi connectivity index (χ2n) is 5.61. The number of rotatable bonds is 1. The van der Waals surface area contributed by atoms with Crippen molar-refractivity contribution in [2.75, 3.05) is 13.1 Å². The quantitative estimate of drug-likeness (QED) is 0.518. The number of hydrogen-bond donors (Lipinski definition) is 0. The highest BCUT2D eigenvalue weighted by molar-refractivity contribution is 7.13. The smallest absolute Gasteiger partial charge is 0.400 e. The predicted molar refractivity (Wildman–Crippen MR) is 70.1 cm³/mol. The standard InChI is InChI=1S/C11H21BNO2P/c1-10(2)11(3,4)15-12(14-10)9-5-7-13(16)8-6-9/h5H,6-8,16H2,1-4H3. The summed E-state index contributed by atoms with van der Waals surface area (Å²) < 4.78 is 14.3. The van der Waals surface area contributed by atoms with Gasteiger partial charge in [-0.1, -0.05) is 15.5 Å². The molecule has 16 heavy (non-hydrogen) atoms. The third kappa shape index (κ3) is 2.21. The van der Waals surface area contributed by atoms with Gasteiger partial charge in [0.15, 0.2) is 0 Å². The molecule has 5 heteroatoms. The van der Waals surface area contributed by atoms with Crippen molar-refractivity contribution < 1.29 is 9.31 Å². The zero-order valence-electron chi connectivity index (χ0n) is 10.6. The maximum atomic E-state index is 6.02. The maximum absolute atomic E-state index is 6.02. The Hall–Kier alpha value is 0.115. The summed E-state index contributed by atoms with van der Waals surface area (Å²) in [4.78, 5) is 0. The predicted octanol–water partition coefficient (Wildman–Crippen LogP) is 2.04. The van der Waals surface area contributed by atoms with E-state index in [2.05, 4.69) is 47.8 Å². The fourth-order valence-electron chi connectivity index (χ4n) is 1.91. The van der Waals surface area contributed by atoms with Crippen molar-refractivity contribution in [2.45, 2.75) is 45.3 Å². The Balaban J connectivity index is 2.09. The molecule has 0 aromatic rings. The molecule has 0 spiro atoms. The van der Waals surface area contributed by atoms with Crippen LogP contribution in [-0.2, 0) is 9.31 Å². The molecule has 0 bridgehead atoms. The molecular formula is C11H21BNO2P. The molecular weight excluding hydrogens is 220 g/mol. The molecule has 3 nitrogen and oxygen atoms in total. The molecule has 0 N–H and O–H groups in total. The third-order valence-corrected chi connectivity index (χ3v) is 4.30. The summed E-state index contributed by atoms with van der Waals surface area (Å²) in [5, 5.41) is 0. The van der Waals surface area contributed by atoms with Crippen LogP contribution < -0.4 is 0 Å². The molecule has 2 heterocycles. The average molecular weight is 241 g/mol. The van der Waals surface area contributed by atoms with Crippen LogP contribution in [0.15, 0.2) is 11.5 Å². The highest BCUT2D eigenvalue weighted by atomic mass is 31.0. The second kappa shape index (κ2) is 4.10. The van der Waals surface area contributed by atoms with Gasteiger partial charge in [-0.2, -0.15) is 0 Å². The van der Waals surface area contributed by atoms with Gasteiger partial charge in [0.1, 0.15) is 0 Å². The second-order valence-corrected chi connectivity index (χ2v) is 6.34. The Morgan fingerprint density at radius 2 is 1.81 bits per heavy atom. The van der Waals surface area contributed by atoms with Crippen LogP contribution in [0.25, 0.3) is 0 Å². The van der Waals surface area contributed by atoms with Gasteiger partial charge < -0.3 is 9.31 Å². The van der Waals surface area contributed by atoms with Gasteiger partial charge in [0.25, 0.3) is 0 Å². The van der Waals surface area contributed by atoms with E-state index >= 15 is 0 Å². The number of hydrogen-bond acceptors (Lipinski definition) is 3. The molecule has 0 saturated carbocycles. The molecule has 0 amide bonds. The molecule has 2 rings (SSSR count). The molecule has 1 unspecified atom stereocenters. The fourth-order valence-corrected chi connectivity index (χ4v) is 2.14. The summed E-state index contributed by atoms with van der Waals surface area (Å²) in [6.07, 6.45) is 3.25. The lowest BCUT2D eigenvalue weighted by molar-refractivity contribution is 0.00578. The minimum Gasteiger partial charge on any atom is -0.400 e. The zero-order valence-corrected chi connectivity index (χ0v) is 11.8. The molecule has 0 radical (unpaired) electrons. The van der Waals surface area contributed by atoms with Crippen LogP contribution in [0.2, 0.25) is 0 Å². The van der Waals surface area contributed by atoms with Crippen molar-refractivity contribution in [3.8, 4) is 0 Å². The van der Waals surface area contributed by atoms with Crippen molar-refractivity contribution in [3.63, 3.8) is 0 Å². The SMILES string of the molecule is CC1(C)OB(C2=CCN(P)CC2)OC1(C)C. The monoisotopic (exact) mass is 241 g/mol. The summed E-state index contributed by atoms with van der Waals surface area (Å²) in [6.45, 7) is 10.4. The molecule has 2 aliphatic rings. The minimum absolute atomic E-state index is 0.149. The van der Waals surface area contributed by atoms with E-state index in [0.29, 0.717) is 0 Å². The third-order valence-electron chi connectivity index (χ3n) is 3.83. The Morgan fingerprint density at radius 1 is 1.25 bits per heavy atom. The molecule has 1 saturated heterocycles. The first-order valence-electron chi connectivity index (χ1n) is 5.86. The largest absolute Gasteiger partial charge is 0.490 e. The van der Waals surface area contributed by atoms with Gasteiger partial charge in [-0.05, 0) is 39.6 Å². The Kier molecular flexibility index (Phi) is 3.22. The van der Waals surface area contributed by atoms with E-state index in [1.54, 1.807) is 0 Å². The van der Waals surface area contributed by atoms with Gasteiger partial charge in [0.2, 0.25) is 0 Å². The van der Waals surface area contributed by atoms with Crippen molar-refractivity contribution in [1.82, 2.24) is 4.67 Å². The van der Waals surface area contributed by atoms with Gasteiger partial charge in [-0.3, -0.25) is 4.67 Å². The molecule has 90 valence electrons. The van der Waals surface area contributed by atoms with Crippen molar-refractivity contribution in [3.05, 3.63) is 11.5 Å². The van der Waals surface area contributed by atoms with Gasteiger partial charge >= 0.3 is 7.12 Å². The van der Waals surface area contributed by atoms with Crippen molar-refractivity contribution in [2.24, 2.45) is 0 Å². The molecule has 1 fully saturated rings. The van der Waals surface area contributed by atoms with Crippen LogP contribution in [0.1, 0.15) is 34.1 Å². The van der Waals surface area contributed by atoms with Crippen molar-refractivity contribution >= 4 is 16.5 Å². The Labute approximate surface area is 101 Å². The van der Waals surface area contributed by atoms with E-state index in [4.69, 9.17) is 9.31 Å². The maximum Gasteiger partial charge on any atom is 0.490 e. The van der Waals surface area contributed by atoms with E-state index in [1.807, 2.05) is 0 Å². The number of nitrogens with zero attached hydrogens (tertiary/aromatic N) is 1. The first kappa shape index (κ1) is 12.6. The zero-order chi connectivity index (χ0) is 12.0. The lowest BCUT2D eigenvalue weighted by Gasteiger charge is -2.32. The van der Waals surface area contributed by atoms with Crippen LogP contribution in [-0.4, -0.2) is 36.1 Å². The highest BCUT2D eigenvalue weighted by Gasteiger charge is 2.52. The molecule has 0 aromatic carbocycles. The van der Waals surface area contributed by atoms with Gasteiger partial charge in [-0.15, -0.1) is 0 Å². The lowest BCUT2D eigenvalue weighted by Crippen LogP contribution is -2.41. The van der Waals surface area contributed by atoms with Crippen LogP contribution >= 0.6 is 9.39 Å². The molecule has 2 aliphatic heterocycles. The lowest BCUT2D eigenvalue weighted by atomic mass is 9.75. The average Bonchev–Trinajstić information content (AvgIpc) is 2.37. The Morgan fingerprint density at radius 3 is 2.25 bits per heavy atom. The first-order chi connectivity index (χ1) is 7.32. The van der Waals surface area contributed by atoms with Gasteiger partial charge in [0, 0.05) is 13.1 Å². The fraction of sp³-hybridized carbons (Fsp3) is 0.818. The Bertz CT molecular complexity index is 301. The van der Waals surface area contributed by atoms with Gasteiger partial charge in [0.05, 0.1) is 11.2 Å². The summed E-state index contributed by atoms with van der Waals surface area (Å²) in [7, 11) is 2.58. The summed E-state index contributed by atoms with van der Waals surface area (Å²) >= 11 is 0. The van der Waals surface area contributed by atoms with Crippen LogP contribution in [0.3, 0.4) is 0 Å². The van der Waals surface area contributed by atoms with Crippen LogP contribution in [0.4, 0.5) is 0 Å².